The van der Waals surface area contributed by atoms with Gasteiger partial charge in [-0.05, 0) is 36.3 Å². The van der Waals surface area contributed by atoms with Crippen LogP contribution in [0.1, 0.15) is 18.1 Å². The van der Waals surface area contributed by atoms with E-state index < -0.39 is 5.97 Å². The van der Waals surface area contributed by atoms with Gasteiger partial charge in [-0.15, -0.1) is 0 Å². The van der Waals surface area contributed by atoms with Crippen LogP contribution in [0.5, 0.6) is 11.5 Å². The Labute approximate surface area is 118 Å². The van der Waals surface area contributed by atoms with Crippen molar-refractivity contribution in [2.45, 2.75) is 13.3 Å². The summed E-state index contributed by atoms with van der Waals surface area (Å²) in [7, 11) is 0. The van der Waals surface area contributed by atoms with E-state index in [-0.39, 0.29) is 5.75 Å². The molecule has 0 atom stereocenters. The third kappa shape index (κ3) is 3.72. The SMILES string of the molecule is CCc1ccc(OC(=O)/C=C/c2ccccc2O)cc1. The average molecular weight is 268 g/mol. The second kappa shape index (κ2) is 6.57. The van der Waals surface area contributed by atoms with Crippen molar-refractivity contribution in [1.82, 2.24) is 0 Å². The van der Waals surface area contributed by atoms with Crippen LogP contribution in [0, 0.1) is 0 Å². The van der Waals surface area contributed by atoms with Crippen LogP contribution >= 0.6 is 0 Å². The van der Waals surface area contributed by atoms with Crippen LogP contribution in [0.3, 0.4) is 0 Å². The molecule has 0 saturated heterocycles. The van der Waals surface area contributed by atoms with Crippen molar-refractivity contribution in [3.8, 4) is 11.5 Å². The van der Waals surface area contributed by atoms with Gasteiger partial charge in [0.1, 0.15) is 11.5 Å². The second-order valence-corrected chi connectivity index (χ2v) is 4.31. The molecule has 0 amide bonds. The van der Waals surface area contributed by atoms with Crippen LogP contribution in [0.25, 0.3) is 6.08 Å². The summed E-state index contributed by atoms with van der Waals surface area (Å²) in [5, 5.41) is 9.57. The highest BCUT2D eigenvalue weighted by atomic mass is 16.5. The van der Waals surface area contributed by atoms with E-state index in [1.807, 2.05) is 12.1 Å². The van der Waals surface area contributed by atoms with Crippen molar-refractivity contribution in [2.24, 2.45) is 0 Å². The Morgan fingerprint density at radius 1 is 1.15 bits per heavy atom. The topological polar surface area (TPSA) is 46.5 Å². The summed E-state index contributed by atoms with van der Waals surface area (Å²) in [5.41, 5.74) is 1.76. The summed E-state index contributed by atoms with van der Waals surface area (Å²) in [4.78, 5) is 11.7. The van der Waals surface area contributed by atoms with Gasteiger partial charge in [-0.3, -0.25) is 0 Å². The molecule has 102 valence electrons. The molecule has 1 N–H and O–H groups in total. The molecule has 0 unspecified atom stereocenters. The summed E-state index contributed by atoms with van der Waals surface area (Å²) in [6.45, 7) is 2.07. The van der Waals surface area contributed by atoms with Gasteiger partial charge < -0.3 is 9.84 Å². The Morgan fingerprint density at radius 3 is 2.50 bits per heavy atom. The highest BCUT2D eigenvalue weighted by molar-refractivity contribution is 5.89. The lowest BCUT2D eigenvalue weighted by Crippen LogP contribution is -2.03. The molecule has 0 fully saturated rings. The van der Waals surface area contributed by atoms with E-state index in [4.69, 9.17) is 4.74 Å². The third-order valence-corrected chi connectivity index (χ3v) is 2.89. The van der Waals surface area contributed by atoms with Gasteiger partial charge in [0.2, 0.25) is 0 Å². The Kier molecular flexibility index (Phi) is 4.56. The number of rotatable bonds is 4. The summed E-state index contributed by atoms with van der Waals surface area (Å²) in [5.74, 6) is 0.162. The summed E-state index contributed by atoms with van der Waals surface area (Å²) in [6, 6.07) is 14.2. The number of aromatic hydroxyl groups is 1. The number of phenolic OH excluding ortho intramolecular Hbond substituents is 1. The predicted octanol–water partition coefficient (Wildman–Crippen LogP) is 3.57. The number of hydrogen-bond acceptors (Lipinski definition) is 3. The molecule has 3 nitrogen and oxygen atoms in total. The number of aryl methyl sites for hydroxylation is 1. The minimum Gasteiger partial charge on any atom is -0.507 e. The van der Waals surface area contributed by atoms with E-state index in [0.717, 1.165) is 6.42 Å². The fourth-order valence-corrected chi connectivity index (χ4v) is 1.73. The lowest BCUT2D eigenvalue weighted by molar-refractivity contribution is -0.128. The average Bonchev–Trinajstić information content (AvgIpc) is 2.47. The van der Waals surface area contributed by atoms with Crippen LogP contribution in [-0.2, 0) is 11.2 Å². The van der Waals surface area contributed by atoms with Gasteiger partial charge in [0.15, 0.2) is 0 Å². The monoisotopic (exact) mass is 268 g/mol. The van der Waals surface area contributed by atoms with E-state index in [1.165, 1.54) is 17.7 Å². The van der Waals surface area contributed by atoms with E-state index in [1.54, 1.807) is 36.4 Å². The normalized spacial score (nSPS) is 10.7. The number of carbonyl (C=O) groups is 1. The van der Waals surface area contributed by atoms with Crippen LogP contribution in [0.4, 0.5) is 0 Å². The van der Waals surface area contributed by atoms with Crippen LogP contribution < -0.4 is 4.74 Å². The highest BCUT2D eigenvalue weighted by Gasteiger charge is 2.01. The van der Waals surface area contributed by atoms with Crippen LogP contribution in [0.2, 0.25) is 0 Å². The van der Waals surface area contributed by atoms with E-state index in [9.17, 15) is 9.90 Å². The molecule has 0 saturated carbocycles. The standard InChI is InChI=1S/C17H16O3/c1-2-13-7-10-15(11-8-13)20-17(19)12-9-14-5-3-4-6-16(14)18/h3-12,18H,2H2,1H3/b12-9+. The van der Waals surface area contributed by atoms with E-state index in [2.05, 4.69) is 6.92 Å². The summed E-state index contributed by atoms with van der Waals surface area (Å²) < 4.78 is 5.17. The summed E-state index contributed by atoms with van der Waals surface area (Å²) >= 11 is 0. The Hall–Kier alpha value is -2.55. The first-order valence-corrected chi connectivity index (χ1v) is 6.46. The molecule has 0 radical (unpaired) electrons. The highest BCUT2D eigenvalue weighted by Crippen LogP contribution is 2.17. The zero-order chi connectivity index (χ0) is 14.4. The van der Waals surface area contributed by atoms with Gasteiger partial charge in [0.05, 0.1) is 0 Å². The molecule has 0 spiro atoms. The number of ether oxygens (including phenoxy) is 1. The first-order valence-electron chi connectivity index (χ1n) is 6.46. The fourth-order valence-electron chi connectivity index (χ4n) is 1.73. The summed E-state index contributed by atoms with van der Waals surface area (Å²) in [6.07, 6.45) is 3.77. The van der Waals surface area contributed by atoms with Crippen molar-refractivity contribution in [3.05, 3.63) is 65.7 Å². The number of benzene rings is 2. The molecule has 2 rings (SSSR count). The molecule has 0 aliphatic rings. The van der Waals surface area contributed by atoms with Crippen LogP contribution in [-0.4, -0.2) is 11.1 Å². The van der Waals surface area contributed by atoms with Gasteiger partial charge >= 0.3 is 5.97 Å². The van der Waals surface area contributed by atoms with Crippen molar-refractivity contribution < 1.29 is 14.6 Å². The van der Waals surface area contributed by atoms with E-state index in [0.29, 0.717) is 11.3 Å². The molecule has 2 aromatic carbocycles. The molecular weight excluding hydrogens is 252 g/mol. The Balaban J connectivity index is 2.00. The molecular formula is C17H16O3. The van der Waals surface area contributed by atoms with Gasteiger partial charge in [0.25, 0.3) is 0 Å². The van der Waals surface area contributed by atoms with Crippen LogP contribution in [0.15, 0.2) is 54.6 Å². The van der Waals surface area contributed by atoms with Crippen molar-refractivity contribution in [3.63, 3.8) is 0 Å². The third-order valence-electron chi connectivity index (χ3n) is 2.89. The first-order chi connectivity index (χ1) is 9.69. The smallest absolute Gasteiger partial charge is 0.336 e. The van der Waals surface area contributed by atoms with E-state index >= 15 is 0 Å². The van der Waals surface area contributed by atoms with Crippen molar-refractivity contribution in [1.29, 1.82) is 0 Å². The van der Waals surface area contributed by atoms with Gasteiger partial charge in [-0.1, -0.05) is 37.3 Å². The van der Waals surface area contributed by atoms with Gasteiger partial charge in [-0.2, -0.15) is 0 Å². The Morgan fingerprint density at radius 2 is 1.85 bits per heavy atom. The number of hydrogen-bond donors (Lipinski definition) is 1. The minimum absolute atomic E-state index is 0.129. The lowest BCUT2D eigenvalue weighted by Gasteiger charge is -2.02. The molecule has 0 aliphatic heterocycles. The maximum atomic E-state index is 11.7. The molecule has 0 bridgehead atoms. The number of esters is 1. The number of carbonyl (C=O) groups excluding carboxylic acids is 1. The Bertz CT molecular complexity index is 612. The lowest BCUT2D eigenvalue weighted by atomic mass is 10.2. The second-order valence-electron chi connectivity index (χ2n) is 4.31. The van der Waals surface area contributed by atoms with Gasteiger partial charge in [0, 0.05) is 11.6 Å². The molecule has 2 aromatic rings. The molecule has 20 heavy (non-hydrogen) atoms. The molecule has 0 aliphatic carbocycles. The van der Waals surface area contributed by atoms with Crippen molar-refractivity contribution >= 4 is 12.0 Å². The molecule has 3 heteroatoms. The van der Waals surface area contributed by atoms with Crippen molar-refractivity contribution in [2.75, 3.05) is 0 Å². The predicted molar refractivity (Wildman–Crippen MR) is 78.6 cm³/mol. The number of para-hydroxylation sites is 1. The first kappa shape index (κ1) is 13.9. The molecule has 0 heterocycles. The number of phenols is 1. The zero-order valence-corrected chi connectivity index (χ0v) is 11.2. The molecule has 0 aromatic heterocycles. The fraction of sp³-hybridized carbons (Fsp3) is 0.118. The minimum atomic E-state index is -0.475. The quantitative estimate of drug-likeness (QED) is 0.524. The maximum Gasteiger partial charge on any atom is 0.336 e. The largest absolute Gasteiger partial charge is 0.507 e. The van der Waals surface area contributed by atoms with Gasteiger partial charge in [-0.25, -0.2) is 4.79 Å². The zero-order valence-electron chi connectivity index (χ0n) is 11.2. The maximum absolute atomic E-state index is 11.7.